The molecule has 3 rings (SSSR count). The fraction of sp³-hybridized carbons (Fsp3) is 0.429. The number of pyridine rings is 1. The molecule has 2 N–H and O–H groups in total. The third kappa shape index (κ3) is 5.56. The first-order valence-corrected chi connectivity index (χ1v) is 11.5. The zero-order chi connectivity index (χ0) is 21.7. The lowest BCUT2D eigenvalue weighted by Crippen LogP contribution is -2.52. The van der Waals surface area contributed by atoms with E-state index in [1.807, 2.05) is 19.9 Å². The number of sulfonamides is 1. The standard InChI is InChI=1S/C21H27N3O5S/c1-15(2)14-30(27,28)23-18-7-5-17(6-8-18)21-19(12-25)24(20(26)13-29-21)11-16-4-3-9-22-10-16/h3-10,15,19,21,23,25H,11-14H2,1-2H3. The van der Waals surface area contributed by atoms with E-state index in [0.717, 1.165) is 11.1 Å². The maximum absolute atomic E-state index is 12.4. The molecule has 0 aliphatic carbocycles. The third-order valence-corrected chi connectivity index (χ3v) is 6.44. The molecule has 0 bridgehead atoms. The molecule has 8 nitrogen and oxygen atoms in total. The molecule has 0 saturated carbocycles. The van der Waals surface area contributed by atoms with Crippen LogP contribution in [-0.2, 0) is 26.1 Å². The first-order valence-electron chi connectivity index (χ1n) is 9.80. The number of aliphatic hydroxyl groups is 1. The van der Waals surface area contributed by atoms with E-state index in [0.29, 0.717) is 12.2 Å². The van der Waals surface area contributed by atoms with Crippen LogP contribution in [0.15, 0.2) is 48.8 Å². The lowest BCUT2D eigenvalue weighted by Gasteiger charge is -2.40. The highest BCUT2D eigenvalue weighted by Gasteiger charge is 2.37. The molecule has 1 aliphatic heterocycles. The number of carbonyl (C=O) groups is 1. The number of benzene rings is 1. The molecular weight excluding hydrogens is 406 g/mol. The maximum Gasteiger partial charge on any atom is 0.249 e. The highest BCUT2D eigenvalue weighted by molar-refractivity contribution is 7.92. The Bertz CT molecular complexity index is 948. The molecule has 2 heterocycles. The lowest BCUT2D eigenvalue weighted by atomic mass is 9.98. The van der Waals surface area contributed by atoms with Crippen molar-refractivity contribution in [2.45, 2.75) is 32.5 Å². The van der Waals surface area contributed by atoms with Gasteiger partial charge in [0, 0.05) is 24.6 Å². The van der Waals surface area contributed by atoms with Crippen molar-refractivity contribution >= 4 is 21.6 Å². The van der Waals surface area contributed by atoms with E-state index >= 15 is 0 Å². The van der Waals surface area contributed by atoms with E-state index < -0.39 is 22.2 Å². The molecule has 1 saturated heterocycles. The van der Waals surface area contributed by atoms with Gasteiger partial charge in [0.2, 0.25) is 15.9 Å². The molecule has 2 aromatic rings. The Morgan fingerprint density at radius 1 is 1.27 bits per heavy atom. The maximum atomic E-state index is 12.4. The van der Waals surface area contributed by atoms with Gasteiger partial charge in [-0.25, -0.2) is 8.42 Å². The van der Waals surface area contributed by atoms with Gasteiger partial charge in [0.1, 0.15) is 12.7 Å². The number of hydrogen-bond acceptors (Lipinski definition) is 6. The quantitative estimate of drug-likeness (QED) is 0.659. The van der Waals surface area contributed by atoms with E-state index in [1.54, 1.807) is 47.6 Å². The molecule has 162 valence electrons. The van der Waals surface area contributed by atoms with Crippen LogP contribution in [0.5, 0.6) is 0 Å². The number of hydrogen-bond donors (Lipinski definition) is 2. The average molecular weight is 434 g/mol. The summed E-state index contributed by atoms with van der Waals surface area (Å²) in [5, 5.41) is 10.00. The summed E-state index contributed by atoms with van der Waals surface area (Å²) in [6.07, 6.45) is 2.82. The minimum Gasteiger partial charge on any atom is -0.394 e. The zero-order valence-corrected chi connectivity index (χ0v) is 17.9. The SMILES string of the molecule is CC(C)CS(=O)(=O)Nc1ccc(C2OCC(=O)N(Cc3cccnc3)C2CO)cc1. The average Bonchev–Trinajstić information content (AvgIpc) is 2.69. The number of rotatable bonds is 8. The van der Waals surface area contributed by atoms with Crippen molar-refractivity contribution in [3.63, 3.8) is 0 Å². The van der Waals surface area contributed by atoms with Gasteiger partial charge in [-0.15, -0.1) is 0 Å². The predicted octanol–water partition coefficient (Wildman–Crippen LogP) is 1.94. The topological polar surface area (TPSA) is 109 Å². The predicted molar refractivity (Wildman–Crippen MR) is 113 cm³/mol. The molecule has 30 heavy (non-hydrogen) atoms. The number of nitrogens with zero attached hydrogens (tertiary/aromatic N) is 2. The summed E-state index contributed by atoms with van der Waals surface area (Å²) in [6, 6.07) is 9.92. The molecule has 1 aliphatic rings. The summed E-state index contributed by atoms with van der Waals surface area (Å²) in [6.45, 7) is 3.65. The van der Waals surface area contributed by atoms with Crippen molar-refractivity contribution in [2.24, 2.45) is 5.92 Å². The van der Waals surface area contributed by atoms with E-state index in [1.165, 1.54) is 0 Å². The Morgan fingerprint density at radius 2 is 2.00 bits per heavy atom. The Morgan fingerprint density at radius 3 is 2.60 bits per heavy atom. The molecule has 2 atom stereocenters. The molecule has 9 heteroatoms. The minimum atomic E-state index is -3.42. The van der Waals surface area contributed by atoms with Crippen LogP contribution in [0.3, 0.4) is 0 Å². The van der Waals surface area contributed by atoms with Crippen molar-refractivity contribution in [2.75, 3.05) is 23.7 Å². The van der Waals surface area contributed by atoms with Crippen LogP contribution < -0.4 is 4.72 Å². The van der Waals surface area contributed by atoms with Gasteiger partial charge in [-0.3, -0.25) is 14.5 Å². The minimum absolute atomic E-state index is 0.0195. The van der Waals surface area contributed by atoms with E-state index in [9.17, 15) is 18.3 Å². The second-order valence-corrected chi connectivity index (χ2v) is 9.53. The third-order valence-electron chi connectivity index (χ3n) is 4.78. The highest BCUT2D eigenvalue weighted by atomic mass is 32.2. The van der Waals surface area contributed by atoms with E-state index in [2.05, 4.69) is 9.71 Å². The van der Waals surface area contributed by atoms with Gasteiger partial charge in [-0.1, -0.05) is 32.0 Å². The number of carbonyl (C=O) groups excluding carboxylic acids is 1. The summed E-state index contributed by atoms with van der Waals surface area (Å²) in [5.41, 5.74) is 2.07. The van der Waals surface area contributed by atoms with Crippen molar-refractivity contribution in [1.29, 1.82) is 0 Å². The summed E-state index contributed by atoms with van der Waals surface area (Å²) in [7, 11) is -3.42. The van der Waals surface area contributed by atoms with E-state index in [-0.39, 0.29) is 30.8 Å². The molecule has 2 unspecified atom stereocenters. The van der Waals surface area contributed by atoms with Crippen LogP contribution in [0, 0.1) is 5.92 Å². The second kappa shape index (κ2) is 9.55. The summed E-state index contributed by atoms with van der Waals surface area (Å²) in [5.74, 6) is -0.142. The summed E-state index contributed by atoms with van der Waals surface area (Å²) < 4.78 is 32.6. The smallest absolute Gasteiger partial charge is 0.249 e. The number of nitrogens with one attached hydrogen (secondary N) is 1. The monoisotopic (exact) mass is 433 g/mol. The number of aliphatic hydroxyl groups excluding tert-OH is 1. The van der Waals surface area contributed by atoms with Gasteiger partial charge in [0.25, 0.3) is 0 Å². The highest BCUT2D eigenvalue weighted by Crippen LogP contribution is 2.31. The largest absolute Gasteiger partial charge is 0.394 e. The number of amides is 1. The van der Waals surface area contributed by atoms with Gasteiger partial charge in [0.15, 0.2) is 0 Å². The van der Waals surface area contributed by atoms with Gasteiger partial charge in [-0.05, 0) is 35.2 Å². The van der Waals surface area contributed by atoms with E-state index in [4.69, 9.17) is 4.74 Å². The van der Waals surface area contributed by atoms with Gasteiger partial charge in [-0.2, -0.15) is 0 Å². The normalized spacial score (nSPS) is 19.9. The van der Waals surface area contributed by atoms with Gasteiger partial charge < -0.3 is 14.7 Å². The van der Waals surface area contributed by atoms with Crippen LogP contribution in [0.1, 0.15) is 31.1 Å². The van der Waals surface area contributed by atoms with Crippen molar-refractivity contribution in [3.8, 4) is 0 Å². The molecule has 0 radical (unpaired) electrons. The Hall–Kier alpha value is -2.49. The first-order chi connectivity index (χ1) is 14.3. The molecule has 1 aromatic carbocycles. The lowest BCUT2D eigenvalue weighted by molar-refractivity contribution is -0.162. The second-order valence-electron chi connectivity index (χ2n) is 7.76. The number of aromatic nitrogens is 1. The Balaban J connectivity index is 1.76. The fourth-order valence-corrected chi connectivity index (χ4v) is 4.97. The number of ether oxygens (including phenoxy) is 1. The fourth-order valence-electron chi connectivity index (χ4n) is 3.51. The van der Waals surface area contributed by atoms with Crippen molar-refractivity contribution in [1.82, 2.24) is 9.88 Å². The van der Waals surface area contributed by atoms with Crippen LogP contribution in [0.25, 0.3) is 0 Å². The Kier molecular flexibility index (Phi) is 7.06. The van der Waals surface area contributed by atoms with Gasteiger partial charge in [0.05, 0.1) is 18.4 Å². The number of anilines is 1. The molecule has 1 aromatic heterocycles. The van der Waals surface area contributed by atoms with Crippen LogP contribution in [-0.4, -0.2) is 54.3 Å². The zero-order valence-electron chi connectivity index (χ0n) is 17.1. The summed E-state index contributed by atoms with van der Waals surface area (Å²) >= 11 is 0. The molecule has 0 spiro atoms. The summed E-state index contributed by atoms with van der Waals surface area (Å²) in [4.78, 5) is 18.1. The Labute approximate surface area is 176 Å². The van der Waals surface area contributed by atoms with Crippen LogP contribution in [0.2, 0.25) is 0 Å². The van der Waals surface area contributed by atoms with Crippen LogP contribution >= 0.6 is 0 Å². The van der Waals surface area contributed by atoms with Gasteiger partial charge >= 0.3 is 0 Å². The van der Waals surface area contributed by atoms with Crippen molar-refractivity contribution < 1.29 is 23.1 Å². The molecule has 1 fully saturated rings. The van der Waals surface area contributed by atoms with Crippen LogP contribution in [0.4, 0.5) is 5.69 Å². The van der Waals surface area contributed by atoms with Crippen molar-refractivity contribution in [3.05, 3.63) is 59.9 Å². The molecule has 1 amide bonds. The first kappa shape index (κ1) is 22.2. The number of morpholine rings is 1. The molecular formula is C21H27N3O5S.